The van der Waals surface area contributed by atoms with E-state index in [4.69, 9.17) is 10.5 Å². The summed E-state index contributed by atoms with van der Waals surface area (Å²) in [7, 11) is 4.23. The zero-order chi connectivity index (χ0) is 54.2. The average Bonchev–Trinajstić information content (AvgIpc) is 3.59. The Balaban J connectivity index is 0.000000204. The second kappa shape index (κ2) is 33.6. The maximum Gasteiger partial charge on any atom is 2.00 e. The summed E-state index contributed by atoms with van der Waals surface area (Å²) >= 11 is 0. The normalized spacial score (nSPS) is 10.4. The summed E-state index contributed by atoms with van der Waals surface area (Å²) in [4.78, 5) is 13.5. The molecule has 0 aliphatic carbocycles. The largest absolute Gasteiger partial charge is 2.00 e. The standard InChI is InChI=1S/2C24H20B.C17H24N4.2C2H3N.Ni/c2*1-5-13-21(14-6-1)25(22-15-7-2-8-16-22,23-17-9-3-10-18-23)24-19-11-4-12-20-24;1-20(2)12-7-13-21(14-16-8-3-5-10-18-16)15-17-9-4-6-11-19-17;2*1-2-3;/h2*1-20H;3-6,8-11H,7,12-15H2,1-2H3;2*1H3;/q2*-1;;;;+2. The molecule has 10 aromatic rings. The monoisotopic (exact) mass is 1060 g/mol. The minimum absolute atomic E-state index is 0. The first-order chi connectivity index (χ1) is 37.9. The van der Waals surface area contributed by atoms with Gasteiger partial charge in [0.15, 0.2) is 0 Å². The minimum Gasteiger partial charge on any atom is -0.309 e. The van der Waals surface area contributed by atoms with Crippen molar-refractivity contribution in [2.24, 2.45) is 0 Å². The van der Waals surface area contributed by atoms with Crippen molar-refractivity contribution in [2.45, 2.75) is 33.4 Å². The zero-order valence-electron chi connectivity index (χ0n) is 45.4. The maximum absolute atomic E-state index is 7.32. The van der Waals surface area contributed by atoms with Crippen LogP contribution in [0.1, 0.15) is 31.7 Å². The summed E-state index contributed by atoms with van der Waals surface area (Å²) in [5.41, 5.74) is 12.9. The van der Waals surface area contributed by atoms with E-state index in [1.807, 2.05) is 36.7 Å². The minimum atomic E-state index is -1.22. The molecule has 0 bridgehead atoms. The third-order valence-corrected chi connectivity index (χ3v) is 13.7. The molecule has 6 nitrogen and oxygen atoms in total. The molecule has 0 aliphatic heterocycles. The van der Waals surface area contributed by atoms with Crippen LogP contribution in [-0.2, 0) is 29.6 Å². The van der Waals surface area contributed by atoms with Crippen LogP contribution in [0.15, 0.2) is 291 Å². The van der Waals surface area contributed by atoms with Gasteiger partial charge in [-0.3, -0.25) is 14.9 Å². The average molecular weight is 1060 g/mol. The van der Waals surface area contributed by atoms with Crippen molar-refractivity contribution in [3.8, 4) is 12.1 Å². The van der Waals surface area contributed by atoms with Crippen molar-refractivity contribution in [3.05, 3.63) is 303 Å². The van der Waals surface area contributed by atoms with E-state index in [-0.39, 0.29) is 16.5 Å². The summed E-state index contributed by atoms with van der Waals surface area (Å²) in [6.45, 7) is 6.74. The SMILES string of the molecule is CC#N.CC#N.CN(C)CCCN(Cc1ccccn1)Cc1ccccn1.[Ni+2].c1ccc([B-](c2ccccc2)(c2ccccc2)c2ccccc2)cc1.c1ccc([B-](c2ccccc2)(c2ccccc2)c2ccccc2)cc1. The molecule has 0 radical (unpaired) electrons. The molecular weight excluding hydrogens is 993 g/mol. The van der Waals surface area contributed by atoms with Crippen molar-refractivity contribution in [3.63, 3.8) is 0 Å². The van der Waals surface area contributed by atoms with Crippen molar-refractivity contribution in [1.82, 2.24) is 19.8 Å². The summed E-state index contributed by atoms with van der Waals surface area (Å²) in [5, 5.41) is 14.6. The predicted molar refractivity (Wildman–Crippen MR) is 328 cm³/mol. The van der Waals surface area contributed by atoms with Crippen molar-refractivity contribution < 1.29 is 16.5 Å². The van der Waals surface area contributed by atoms with Gasteiger partial charge in [-0.05, 0) is 51.3 Å². The van der Waals surface area contributed by atoms with Crippen LogP contribution < -0.4 is 43.7 Å². The van der Waals surface area contributed by atoms with Crippen LogP contribution in [-0.4, -0.2) is 59.2 Å². The molecule has 0 aliphatic rings. The van der Waals surface area contributed by atoms with Crippen LogP contribution in [0.25, 0.3) is 0 Å². The van der Waals surface area contributed by atoms with Crippen LogP contribution in [0.4, 0.5) is 0 Å². The maximum atomic E-state index is 7.32. The van der Waals surface area contributed by atoms with Crippen LogP contribution in [0, 0.1) is 22.7 Å². The van der Waals surface area contributed by atoms with Gasteiger partial charge in [0, 0.05) is 45.9 Å². The molecule has 10 rings (SSSR count). The summed E-state index contributed by atoms with van der Waals surface area (Å²) in [6.07, 6.45) is 2.42. The third-order valence-electron chi connectivity index (χ3n) is 13.7. The molecule has 392 valence electrons. The summed E-state index contributed by atoms with van der Waals surface area (Å²) < 4.78 is 0. The third kappa shape index (κ3) is 16.8. The van der Waals surface area contributed by atoms with E-state index in [1.54, 1.807) is 12.1 Å². The molecule has 0 saturated heterocycles. The van der Waals surface area contributed by atoms with Gasteiger partial charge < -0.3 is 4.90 Å². The van der Waals surface area contributed by atoms with Crippen molar-refractivity contribution in [2.75, 3.05) is 27.2 Å². The van der Waals surface area contributed by atoms with E-state index in [0.717, 1.165) is 44.0 Å². The Morgan fingerprint density at radius 3 is 0.718 bits per heavy atom. The Bertz CT molecular complexity index is 2670. The predicted octanol–water partition coefficient (Wildman–Crippen LogP) is 9.62. The molecule has 0 spiro atoms. The molecule has 2 heterocycles. The van der Waals surface area contributed by atoms with Gasteiger partial charge in [0.1, 0.15) is 12.3 Å². The number of nitrogens with zero attached hydrogens (tertiary/aromatic N) is 6. The first-order valence-corrected chi connectivity index (χ1v) is 26.4. The molecule has 0 atom stereocenters. The van der Waals surface area contributed by atoms with Crippen LogP contribution in [0.5, 0.6) is 0 Å². The Morgan fingerprint density at radius 1 is 0.333 bits per heavy atom. The Morgan fingerprint density at radius 2 is 0.538 bits per heavy atom. The summed E-state index contributed by atoms with van der Waals surface area (Å²) in [5.74, 6) is 0. The number of benzene rings is 8. The number of rotatable bonds is 16. The van der Waals surface area contributed by atoms with Gasteiger partial charge in [-0.2, -0.15) is 54.2 Å². The molecule has 0 saturated carbocycles. The first-order valence-electron chi connectivity index (χ1n) is 26.4. The number of nitriles is 2. The fourth-order valence-corrected chi connectivity index (χ4v) is 10.5. The Hall–Kier alpha value is -8.42. The van der Waals surface area contributed by atoms with E-state index < -0.39 is 12.3 Å². The Labute approximate surface area is 475 Å². The van der Waals surface area contributed by atoms with Gasteiger partial charge >= 0.3 is 16.5 Å². The molecule has 8 aromatic carbocycles. The fraction of sp³-hybridized carbons (Fsp3) is 0.130. The van der Waals surface area contributed by atoms with E-state index >= 15 is 0 Å². The summed E-state index contributed by atoms with van der Waals surface area (Å²) in [6, 6.07) is 103. The van der Waals surface area contributed by atoms with Crippen LogP contribution in [0.3, 0.4) is 0 Å². The molecule has 9 heteroatoms. The van der Waals surface area contributed by atoms with E-state index in [2.05, 4.69) is 289 Å². The Kier molecular flexibility index (Phi) is 26.0. The molecule has 0 N–H and O–H groups in total. The number of pyridine rings is 2. The second-order valence-corrected chi connectivity index (χ2v) is 19.0. The van der Waals surface area contributed by atoms with Gasteiger partial charge in [0.25, 0.3) is 0 Å². The van der Waals surface area contributed by atoms with Crippen molar-refractivity contribution >= 4 is 56.0 Å². The molecular formula is C69H70B2N6Ni. The van der Waals surface area contributed by atoms with Crippen molar-refractivity contribution in [1.29, 1.82) is 10.5 Å². The molecule has 0 fully saturated rings. The molecule has 78 heavy (non-hydrogen) atoms. The number of hydrogen-bond acceptors (Lipinski definition) is 6. The molecule has 2 aromatic heterocycles. The first kappa shape index (κ1) is 60.4. The zero-order valence-corrected chi connectivity index (χ0v) is 46.4. The van der Waals surface area contributed by atoms with Gasteiger partial charge in [-0.15, -0.1) is 0 Å². The van der Waals surface area contributed by atoms with Gasteiger partial charge in [-0.1, -0.05) is 255 Å². The quantitative estimate of drug-likeness (QED) is 0.0898. The van der Waals surface area contributed by atoms with Gasteiger partial charge in [0.05, 0.1) is 23.5 Å². The fourth-order valence-electron chi connectivity index (χ4n) is 10.5. The van der Waals surface area contributed by atoms with Gasteiger partial charge in [-0.25, -0.2) is 0 Å². The second-order valence-electron chi connectivity index (χ2n) is 19.0. The topological polar surface area (TPSA) is 79.8 Å². The van der Waals surface area contributed by atoms with Gasteiger partial charge in [0.2, 0.25) is 0 Å². The molecule has 0 amide bonds. The number of hydrogen-bond donors (Lipinski definition) is 0. The van der Waals surface area contributed by atoms with E-state index in [0.29, 0.717) is 0 Å². The smallest absolute Gasteiger partial charge is 0.309 e. The van der Waals surface area contributed by atoms with E-state index in [9.17, 15) is 0 Å². The van der Waals surface area contributed by atoms with E-state index in [1.165, 1.54) is 57.5 Å². The van der Waals surface area contributed by atoms with Crippen LogP contribution >= 0.6 is 0 Å². The van der Waals surface area contributed by atoms with Crippen LogP contribution in [0.2, 0.25) is 0 Å². The number of aromatic nitrogens is 2. The molecule has 0 unspecified atom stereocenters.